The lowest BCUT2D eigenvalue weighted by Crippen LogP contribution is -2.38. The van der Waals surface area contributed by atoms with Crippen LogP contribution in [0, 0.1) is 21.3 Å². The maximum atomic E-state index is 13.5. The van der Waals surface area contributed by atoms with Crippen LogP contribution < -0.4 is 5.32 Å². The number of nitrogens with zero attached hydrogens (tertiary/aromatic N) is 1. The van der Waals surface area contributed by atoms with Crippen LogP contribution in [0.2, 0.25) is 5.02 Å². The van der Waals surface area contributed by atoms with E-state index < -0.39 is 22.1 Å². The number of hydrogen-bond acceptors (Lipinski definition) is 4. The summed E-state index contributed by atoms with van der Waals surface area (Å²) in [6, 6.07) is 1.91. The molecule has 0 heterocycles. The molecule has 1 aromatic rings. The molecule has 0 spiro atoms. The lowest BCUT2D eigenvalue weighted by atomic mass is 9.66. The molecule has 0 bridgehead atoms. The molecular weight excluding hydrogens is 303 g/mol. The van der Waals surface area contributed by atoms with Gasteiger partial charge in [0.15, 0.2) is 0 Å². The van der Waals surface area contributed by atoms with E-state index in [4.69, 9.17) is 16.7 Å². The Hall–Kier alpha value is -1.89. The number of halogens is 2. The van der Waals surface area contributed by atoms with Crippen LogP contribution >= 0.6 is 11.6 Å². The highest BCUT2D eigenvalue weighted by Gasteiger charge is 2.39. The van der Waals surface area contributed by atoms with Crippen molar-refractivity contribution in [1.29, 1.82) is 0 Å². The molecule has 0 saturated heterocycles. The van der Waals surface area contributed by atoms with Crippen LogP contribution in [0.15, 0.2) is 12.1 Å². The number of hydrogen-bond donors (Lipinski definition) is 2. The smallest absolute Gasteiger partial charge is 0.303 e. The highest BCUT2D eigenvalue weighted by Crippen LogP contribution is 2.44. The largest absolute Gasteiger partial charge is 0.481 e. The van der Waals surface area contributed by atoms with Crippen molar-refractivity contribution in [1.82, 2.24) is 0 Å². The van der Waals surface area contributed by atoms with Crippen LogP contribution in [0.4, 0.5) is 15.8 Å². The Labute approximate surface area is 125 Å². The van der Waals surface area contributed by atoms with Crippen molar-refractivity contribution in [3.8, 4) is 0 Å². The minimum atomic E-state index is -0.909. The number of nitro groups is 1. The summed E-state index contributed by atoms with van der Waals surface area (Å²) < 4.78 is 13.5. The normalized spacial score (nSPS) is 16.1. The summed E-state index contributed by atoms with van der Waals surface area (Å²) in [7, 11) is 0. The van der Waals surface area contributed by atoms with Gasteiger partial charge in [-0.05, 0) is 18.3 Å². The summed E-state index contributed by atoms with van der Waals surface area (Å²) in [5, 5.41) is 22.4. The fourth-order valence-corrected chi connectivity index (χ4v) is 2.68. The number of carboxylic acids is 1. The second kappa shape index (κ2) is 5.85. The molecule has 0 unspecified atom stereocenters. The van der Waals surface area contributed by atoms with Crippen LogP contribution in [0.5, 0.6) is 0 Å². The summed E-state index contributed by atoms with van der Waals surface area (Å²) in [6.45, 7) is 0.251. The van der Waals surface area contributed by atoms with Crippen molar-refractivity contribution in [2.75, 3.05) is 11.9 Å². The maximum absolute atomic E-state index is 13.5. The van der Waals surface area contributed by atoms with Crippen LogP contribution in [0.3, 0.4) is 0 Å². The van der Waals surface area contributed by atoms with E-state index in [2.05, 4.69) is 5.32 Å². The van der Waals surface area contributed by atoms with Gasteiger partial charge < -0.3 is 10.4 Å². The van der Waals surface area contributed by atoms with Crippen molar-refractivity contribution in [2.45, 2.75) is 25.7 Å². The van der Waals surface area contributed by atoms with E-state index in [1.807, 2.05) is 0 Å². The fraction of sp³-hybridized carbons (Fsp3) is 0.462. The number of carbonyl (C=O) groups is 1. The molecule has 0 amide bonds. The van der Waals surface area contributed by atoms with E-state index in [1.54, 1.807) is 0 Å². The SMILES string of the molecule is O=C(O)CC1(CNc2cc(F)c(Cl)cc2[N+](=O)[O-])CCC1. The molecule has 0 aromatic heterocycles. The number of rotatable bonds is 6. The first-order valence-electron chi connectivity index (χ1n) is 6.42. The molecule has 1 aliphatic carbocycles. The Kier molecular flexibility index (Phi) is 4.32. The molecule has 1 saturated carbocycles. The first-order valence-corrected chi connectivity index (χ1v) is 6.80. The molecule has 1 aliphatic rings. The number of nitro benzene ring substituents is 1. The molecule has 0 atom stereocenters. The van der Waals surface area contributed by atoms with Crippen molar-refractivity contribution in [2.24, 2.45) is 5.41 Å². The van der Waals surface area contributed by atoms with Gasteiger partial charge in [0.05, 0.1) is 16.4 Å². The third kappa shape index (κ3) is 3.41. The Balaban J connectivity index is 2.17. The van der Waals surface area contributed by atoms with Crippen LogP contribution in [-0.4, -0.2) is 22.5 Å². The average Bonchev–Trinajstić information content (AvgIpc) is 2.35. The van der Waals surface area contributed by atoms with E-state index in [9.17, 15) is 19.3 Å². The van der Waals surface area contributed by atoms with Gasteiger partial charge in [0.25, 0.3) is 5.69 Å². The lowest BCUT2D eigenvalue weighted by molar-refractivity contribution is -0.384. The van der Waals surface area contributed by atoms with Gasteiger partial charge in [-0.3, -0.25) is 14.9 Å². The molecule has 2 N–H and O–H groups in total. The van der Waals surface area contributed by atoms with Gasteiger partial charge in [-0.1, -0.05) is 18.0 Å². The Morgan fingerprint density at radius 2 is 2.19 bits per heavy atom. The van der Waals surface area contributed by atoms with Gasteiger partial charge in [-0.2, -0.15) is 0 Å². The number of benzene rings is 1. The number of aliphatic carboxylic acids is 1. The Morgan fingerprint density at radius 3 is 2.67 bits per heavy atom. The van der Waals surface area contributed by atoms with Gasteiger partial charge in [-0.15, -0.1) is 0 Å². The topological polar surface area (TPSA) is 92.5 Å². The third-order valence-electron chi connectivity index (χ3n) is 3.83. The quantitative estimate of drug-likeness (QED) is 0.619. The molecule has 1 aromatic carbocycles. The van der Waals surface area contributed by atoms with Crippen molar-refractivity contribution >= 4 is 28.9 Å². The second-order valence-corrected chi connectivity index (χ2v) is 5.73. The number of nitrogens with one attached hydrogen (secondary N) is 1. The van der Waals surface area contributed by atoms with Gasteiger partial charge in [-0.25, -0.2) is 4.39 Å². The summed E-state index contributed by atoms with van der Waals surface area (Å²) in [5.41, 5.74) is -0.736. The zero-order chi connectivity index (χ0) is 15.6. The molecular formula is C13H14ClFN2O4. The zero-order valence-electron chi connectivity index (χ0n) is 11.1. The number of carboxylic acid groups (broad SMARTS) is 1. The molecule has 1 fully saturated rings. The zero-order valence-corrected chi connectivity index (χ0v) is 11.8. The molecule has 0 radical (unpaired) electrons. The molecule has 0 aliphatic heterocycles. The first kappa shape index (κ1) is 15.5. The minimum Gasteiger partial charge on any atom is -0.481 e. The summed E-state index contributed by atoms with van der Waals surface area (Å²) in [6.07, 6.45) is 2.38. The van der Waals surface area contributed by atoms with E-state index in [-0.39, 0.29) is 29.4 Å². The first-order chi connectivity index (χ1) is 9.83. The fourth-order valence-electron chi connectivity index (χ4n) is 2.53. The van der Waals surface area contributed by atoms with Crippen molar-refractivity contribution in [3.05, 3.63) is 33.1 Å². The van der Waals surface area contributed by atoms with Crippen LogP contribution in [0.1, 0.15) is 25.7 Å². The predicted octanol–water partition coefficient (Wildman–Crippen LogP) is 3.44. The Morgan fingerprint density at radius 1 is 1.52 bits per heavy atom. The highest BCUT2D eigenvalue weighted by molar-refractivity contribution is 6.31. The minimum absolute atomic E-state index is 0.0101. The van der Waals surface area contributed by atoms with E-state index >= 15 is 0 Å². The lowest BCUT2D eigenvalue weighted by Gasteiger charge is -2.41. The predicted molar refractivity (Wildman–Crippen MR) is 75.1 cm³/mol. The van der Waals surface area contributed by atoms with Gasteiger partial charge in [0.1, 0.15) is 11.5 Å². The van der Waals surface area contributed by atoms with Gasteiger partial charge >= 0.3 is 5.97 Å². The summed E-state index contributed by atoms with van der Waals surface area (Å²) in [4.78, 5) is 21.2. The van der Waals surface area contributed by atoms with Crippen LogP contribution in [-0.2, 0) is 4.79 Å². The van der Waals surface area contributed by atoms with Crippen molar-refractivity contribution in [3.63, 3.8) is 0 Å². The summed E-state index contributed by atoms with van der Waals surface area (Å²) >= 11 is 5.54. The van der Waals surface area contributed by atoms with Crippen LogP contribution in [0.25, 0.3) is 0 Å². The average molecular weight is 317 g/mol. The maximum Gasteiger partial charge on any atom is 0.303 e. The standard InChI is InChI=1S/C13H14ClFN2O4/c14-8-4-11(17(20)21)10(5-9(8)15)16-7-13(2-1-3-13)6-12(18)19/h4-5,16H,1-3,6-7H2,(H,18,19). The molecule has 6 nitrogen and oxygen atoms in total. The Bertz CT molecular complexity index is 590. The highest BCUT2D eigenvalue weighted by atomic mass is 35.5. The molecule has 8 heteroatoms. The summed E-state index contributed by atoms with van der Waals surface area (Å²) in [5.74, 6) is -1.67. The molecule has 2 rings (SSSR count). The number of anilines is 1. The van der Waals surface area contributed by atoms with Crippen molar-refractivity contribution < 1.29 is 19.2 Å². The third-order valence-corrected chi connectivity index (χ3v) is 4.12. The molecule has 21 heavy (non-hydrogen) atoms. The molecule has 114 valence electrons. The van der Waals surface area contributed by atoms with E-state index in [1.165, 1.54) is 0 Å². The van der Waals surface area contributed by atoms with E-state index in [0.29, 0.717) is 0 Å². The van der Waals surface area contributed by atoms with Gasteiger partial charge in [0, 0.05) is 18.7 Å². The van der Waals surface area contributed by atoms with E-state index in [0.717, 1.165) is 31.4 Å². The monoisotopic (exact) mass is 316 g/mol. The second-order valence-electron chi connectivity index (χ2n) is 5.32. The van der Waals surface area contributed by atoms with Gasteiger partial charge in [0.2, 0.25) is 0 Å².